The van der Waals surface area contributed by atoms with Crippen LogP contribution < -0.4 is 5.32 Å². The van der Waals surface area contributed by atoms with Crippen LogP contribution in [-0.2, 0) is 11.3 Å². The lowest BCUT2D eigenvalue weighted by molar-refractivity contribution is 0.0912. The third-order valence-electron chi connectivity index (χ3n) is 3.04. The fraction of sp³-hybridized carbons (Fsp3) is 0.538. The van der Waals surface area contributed by atoms with E-state index < -0.39 is 0 Å². The molecule has 1 heterocycles. The SMILES string of the molecule is Clc1cccc(Cl)c1COC[C@@H]1CCCCN1. The molecule has 2 rings (SSSR count). The molecule has 94 valence electrons. The van der Waals surface area contributed by atoms with E-state index in [4.69, 9.17) is 27.9 Å². The summed E-state index contributed by atoms with van der Waals surface area (Å²) in [5.41, 5.74) is 0.881. The second-order valence-corrected chi connectivity index (χ2v) is 5.18. The van der Waals surface area contributed by atoms with Crippen molar-refractivity contribution < 1.29 is 4.74 Å². The summed E-state index contributed by atoms with van der Waals surface area (Å²) in [6.07, 6.45) is 3.75. The van der Waals surface area contributed by atoms with E-state index >= 15 is 0 Å². The maximum Gasteiger partial charge on any atom is 0.0746 e. The van der Waals surface area contributed by atoms with Gasteiger partial charge in [-0.1, -0.05) is 35.7 Å². The topological polar surface area (TPSA) is 21.3 Å². The largest absolute Gasteiger partial charge is 0.375 e. The summed E-state index contributed by atoms with van der Waals surface area (Å²) >= 11 is 12.1. The van der Waals surface area contributed by atoms with Crippen LogP contribution in [0.15, 0.2) is 18.2 Å². The van der Waals surface area contributed by atoms with E-state index in [9.17, 15) is 0 Å². The highest BCUT2D eigenvalue weighted by Gasteiger charge is 2.13. The first kappa shape index (κ1) is 13.2. The minimum absolute atomic E-state index is 0.477. The highest BCUT2D eigenvalue weighted by molar-refractivity contribution is 6.35. The van der Waals surface area contributed by atoms with Crippen molar-refractivity contribution in [3.05, 3.63) is 33.8 Å². The molecule has 0 amide bonds. The first-order chi connectivity index (χ1) is 8.27. The van der Waals surface area contributed by atoms with Gasteiger partial charge in [-0.05, 0) is 31.5 Å². The summed E-state index contributed by atoms with van der Waals surface area (Å²) in [7, 11) is 0. The van der Waals surface area contributed by atoms with Crippen LogP contribution in [-0.4, -0.2) is 19.2 Å². The average molecular weight is 274 g/mol. The van der Waals surface area contributed by atoms with Crippen LogP contribution in [0.3, 0.4) is 0 Å². The molecule has 4 heteroatoms. The van der Waals surface area contributed by atoms with Gasteiger partial charge in [0, 0.05) is 21.7 Å². The van der Waals surface area contributed by atoms with Crippen LogP contribution in [0.2, 0.25) is 10.0 Å². The van der Waals surface area contributed by atoms with Gasteiger partial charge in [0.05, 0.1) is 13.2 Å². The van der Waals surface area contributed by atoms with Gasteiger partial charge in [0.2, 0.25) is 0 Å². The first-order valence-corrected chi connectivity index (χ1v) is 6.77. The van der Waals surface area contributed by atoms with Gasteiger partial charge in [0.1, 0.15) is 0 Å². The van der Waals surface area contributed by atoms with Crippen LogP contribution in [0.4, 0.5) is 0 Å². The van der Waals surface area contributed by atoms with Crippen LogP contribution in [0.1, 0.15) is 24.8 Å². The number of hydrogen-bond donors (Lipinski definition) is 1. The molecule has 1 aliphatic rings. The van der Waals surface area contributed by atoms with Gasteiger partial charge in [0.15, 0.2) is 0 Å². The lowest BCUT2D eigenvalue weighted by Crippen LogP contribution is -2.37. The second kappa shape index (κ2) is 6.60. The van der Waals surface area contributed by atoms with Crippen LogP contribution in [0.5, 0.6) is 0 Å². The van der Waals surface area contributed by atoms with Crippen molar-refractivity contribution in [1.29, 1.82) is 0 Å². The fourth-order valence-electron chi connectivity index (χ4n) is 2.04. The summed E-state index contributed by atoms with van der Waals surface area (Å²) in [6, 6.07) is 6.00. The molecule has 1 saturated heterocycles. The monoisotopic (exact) mass is 273 g/mol. The summed E-state index contributed by atoms with van der Waals surface area (Å²) in [5, 5.41) is 4.79. The van der Waals surface area contributed by atoms with Crippen molar-refractivity contribution in [2.45, 2.75) is 31.9 Å². The van der Waals surface area contributed by atoms with Gasteiger partial charge >= 0.3 is 0 Å². The van der Waals surface area contributed by atoms with Crippen molar-refractivity contribution in [3.63, 3.8) is 0 Å². The number of halogens is 2. The Hall–Kier alpha value is -0.280. The molecule has 0 unspecified atom stereocenters. The van der Waals surface area contributed by atoms with E-state index in [1.807, 2.05) is 18.2 Å². The van der Waals surface area contributed by atoms with Crippen molar-refractivity contribution >= 4 is 23.2 Å². The Balaban J connectivity index is 1.81. The predicted molar refractivity (Wildman–Crippen MR) is 71.8 cm³/mol. The molecule has 0 spiro atoms. The Labute approximate surface area is 112 Å². The minimum atomic E-state index is 0.477. The Morgan fingerprint density at radius 3 is 2.65 bits per heavy atom. The summed E-state index contributed by atoms with van der Waals surface area (Å²) in [6.45, 7) is 2.30. The third-order valence-corrected chi connectivity index (χ3v) is 3.75. The first-order valence-electron chi connectivity index (χ1n) is 6.01. The molecule has 2 nitrogen and oxygen atoms in total. The number of hydrogen-bond acceptors (Lipinski definition) is 2. The predicted octanol–water partition coefficient (Wildman–Crippen LogP) is 3.65. The normalized spacial score (nSPS) is 20.5. The average Bonchev–Trinajstić information content (AvgIpc) is 2.34. The molecule has 1 aromatic rings. The zero-order chi connectivity index (χ0) is 12.1. The molecule has 0 aromatic heterocycles. The Morgan fingerprint density at radius 2 is 2.00 bits per heavy atom. The molecule has 17 heavy (non-hydrogen) atoms. The second-order valence-electron chi connectivity index (χ2n) is 4.36. The molecule has 1 atom stereocenters. The van der Waals surface area contributed by atoms with Crippen molar-refractivity contribution in [1.82, 2.24) is 5.32 Å². The lowest BCUT2D eigenvalue weighted by Gasteiger charge is -2.23. The van der Waals surface area contributed by atoms with Gasteiger partial charge in [-0.2, -0.15) is 0 Å². The molecule has 0 radical (unpaired) electrons. The quantitative estimate of drug-likeness (QED) is 0.904. The zero-order valence-electron chi connectivity index (χ0n) is 9.72. The minimum Gasteiger partial charge on any atom is -0.375 e. The third kappa shape index (κ3) is 3.85. The molecular weight excluding hydrogens is 257 g/mol. The van der Waals surface area contributed by atoms with E-state index in [1.54, 1.807) is 0 Å². The maximum atomic E-state index is 6.07. The van der Waals surface area contributed by atoms with E-state index in [-0.39, 0.29) is 0 Å². The maximum absolute atomic E-state index is 6.07. The standard InChI is InChI=1S/C13H17Cl2NO/c14-12-5-3-6-13(15)11(12)9-17-8-10-4-1-2-7-16-10/h3,5-6,10,16H,1-2,4,7-9H2/t10-/m0/s1. The van der Waals surface area contributed by atoms with Crippen molar-refractivity contribution in [2.75, 3.05) is 13.2 Å². The van der Waals surface area contributed by atoms with Crippen molar-refractivity contribution in [3.8, 4) is 0 Å². The number of ether oxygens (including phenoxy) is 1. The van der Waals surface area contributed by atoms with Crippen LogP contribution in [0.25, 0.3) is 0 Å². The molecule has 1 N–H and O–H groups in total. The molecule has 1 aliphatic heterocycles. The molecule has 0 bridgehead atoms. The Bertz CT molecular complexity index is 344. The summed E-state index contributed by atoms with van der Waals surface area (Å²) < 4.78 is 5.69. The highest BCUT2D eigenvalue weighted by atomic mass is 35.5. The Kier molecular flexibility index (Phi) is 5.11. The Morgan fingerprint density at radius 1 is 1.24 bits per heavy atom. The van der Waals surface area contributed by atoms with Gasteiger partial charge in [0.25, 0.3) is 0 Å². The van der Waals surface area contributed by atoms with Crippen molar-refractivity contribution in [2.24, 2.45) is 0 Å². The smallest absolute Gasteiger partial charge is 0.0746 e. The molecule has 0 aliphatic carbocycles. The number of piperidine rings is 1. The van der Waals surface area contributed by atoms with E-state index in [2.05, 4.69) is 5.32 Å². The number of rotatable bonds is 4. The fourth-order valence-corrected chi connectivity index (χ4v) is 2.55. The van der Waals surface area contributed by atoms with Gasteiger partial charge < -0.3 is 10.1 Å². The summed E-state index contributed by atoms with van der Waals surface area (Å²) in [4.78, 5) is 0. The zero-order valence-corrected chi connectivity index (χ0v) is 11.2. The van der Waals surface area contributed by atoms with Crippen LogP contribution in [0, 0.1) is 0 Å². The molecular formula is C13H17Cl2NO. The number of nitrogens with one attached hydrogen (secondary N) is 1. The highest BCUT2D eigenvalue weighted by Crippen LogP contribution is 2.25. The summed E-state index contributed by atoms with van der Waals surface area (Å²) in [5.74, 6) is 0. The van der Waals surface area contributed by atoms with E-state index in [0.29, 0.717) is 22.7 Å². The van der Waals surface area contributed by atoms with E-state index in [1.165, 1.54) is 19.3 Å². The van der Waals surface area contributed by atoms with Gasteiger partial charge in [-0.15, -0.1) is 0 Å². The molecule has 1 aromatic carbocycles. The van der Waals surface area contributed by atoms with Crippen LogP contribution >= 0.6 is 23.2 Å². The van der Waals surface area contributed by atoms with Gasteiger partial charge in [-0.25, -0.2) is 0 Å². The van der Waals surface area contributed by atoms with E-state index in [0.717, 1.165) is 18.7 Å². The molecule has 0 saturated carbocycles. The molecule has 1 fully saturated rings. The van der Waals surface area contributed by atoms with Gasteiger partial charge in [-0.3, -0.25) is 0 Å². The number of benzene rings is 1. The lowest BCUT2D eigenvalue weighted by atomic mass is 10.1.